The van der Waals surface area contributed by atoms with Crippen LogP contribution in [0.4, 0.5) is 5.69 Å². The number of likely N-dealkylation sites (N-methyl/N-ethyl adjacent to an activating group) is 1. The Morgan fingerprint density at radius 3 is 2.71 bits per heavy atom. The van der Waals surface area contributed by atoms with E-state index in [0.717, 1.165) is 39.3 Å². The minimum absolute atomic E-state index is 0.886. The summed E-state index contributed by atoms with van der Waals surface area (Å²) >= 11 is 0. The zero-order valence-corrected chi connectivity index (χ0v) is 10.8. The van der Waals surface area contributed by atoms with Crippen molar-refractivity contribution in [2.24, 2.45) is 0 Å². The van der Waals surface area contributed by atoms with E-state index in [4.69, 9.17) is 0 Å². The Balaban J connectivity index is 2.07. The summed E-state index contributed by atoms with van der Waals surface area (Å²) in [7, 11) is 1.98. The maximum Gasteiger partial charge on any atom is 0.0443 e. The molecule has 1 aromatic rings. The van der Waals surface area contributed by atoms with Gasteiger partial charge in [-0.05, 0) is 19.7 Å². The SMILES string of the molecule is CCN1CCN(c2ccncc2CNC)CC1. The van der Waals surface area contributed by atoms with E-state index < -0.39 is 0 Å². The van der Waals surface area contributed by atoms with Crippen LogP contribution in [0, 0.1) is 0 Å². The molecule has 0 aliphatic carbocycles. The van der Waals surface area contributed by atoms with Gasteiger partial charge in [0.1, 0.15) is 0 Å². The van der Waals surface area contributed by atoms with Crippen molar-refractivity contribution < 1.29 is 0 Å². The zero-order valence-electron chi connectivity index (χ0n) is 10.8. The Hall–Kier alpha value is -1.13. The first-order valence-corrected chi connectivity index (χ1v) is 6.40. The van der Waals surface area contributed by atoms with Crippen molar-refractivity contribution in [2.45, 2.75) is 13.5 Å². The summed E-state index contributed by atoms with van der Waals surface area (Å²) in [5, 5.41) is 3.21. The number of nitrogens with zero attached hydrogens (tertiary/aromatic N) is 3. The minimum atomic E-state index is 0.886. The Morgan fingerprint density at radius 2 is 2.06 bits per heavy atom. The number of hydrogen-bond acceptors (Lipinski definition) is 4. The predicted octanol–water partition coefficient (Wildman–Crippen LogP) is 0.943. The summed E-state index contributed by atoms with van der Waals surface area (Å²) < 4.78 is 0. The third-order valence-electron chi connectivity index (χ3n) is 3.41. The van der Waals surface area contributed by atoms with Crippen LogP contribution in [0.5, 0.6) is 0 Å². The van der Waals surface area contributed by atoms with E-state index in [-0.39, 0.29) is 0 Å². The predicted molar refractivity (Wildman–Crippen MR) is 71.3 cm³/mol. The van der Waals surface area contributed by atoms with E-state index in [1.807, 2.05) is 19.4 Å². The number of aromatic nitrogens is 1. The van der Waals surface area contributed by atoms with E-state index >= 15 is 0 Å². The lowest BCUT2D eigenvalue weighted by atomic mass is 10.2. The van der Waals surface area contributed by atoms with E-state index in [1.54, 1.807) is 0 Å². The minimum Gasteiger partial charge on any atom is -0.369 e. The molecule has 1 fully saturated rings. The van der Waals surface area contributed by atoms with Crippen LogP contribution in [0.3, 0.4) is 0 Å². The average Bonchev–Trinajstić information content (AvgIpc) is 2.40. The van der Waals surface area contributed by atoms with Gasteiger partial charge >= 0.3 is 0 Å². The average molecular weight is 234 g/mol. The molecule has 0 atom stereocenters. The van der Waals surface area contributed by atoms with Crippen LogP contribution in [0.15, 0.2) is 18.5 Å². The van der Waals surface area contributed by atoms with Crippen LogP contribution < -0.4 is 10.2 Å². The maximum absolute atomic E-state index is 4.21. The second kappa shape index (κ2) is 5.98. The number of pyridine rings is 1. The van der Waals surface area contributed by atoms with Crippen molar-refractivity contribution in [3.8, 4) is 0 Å². The second-order valence-corrected chi connectivity index (χ2v) is 4.46. The maximum atomic E-state index is 4.21. The van der Waals surface area contributed by atoms with Crippen molar-refractivity contribution in [1.29, 1.82) is 0 Å². The second-order valence-electron chi connectivity index (χ2n) is 4.46. The van der Waals surface area contributed by atoms with Gasteiger partial charge in [-0.3, -0.25) is 4.98 Å². The summed E-state index contributed by atoms with van der Waals surface area (Å²) in [6, 6.07) is 2.13. The van der Waals surface area contributed by atoms with Gasteiger partial charge in [0.15, 0.2) is 0 Å². The molecule has 1 aromatic heterocycles. The monoisotopic (exact) mass is 234 g/mol. The van der Waals surface area contributed by atoms with E-state index in [1.165, 1.54) is 11.3 Å². The smallest absolute Gasteiger partial charge is 0.0443 e. The largest absolute Gasteiger partial charge is 0.369 e. The highest BCUT2D eigenvalue weighted by atomic mass is 15.3. The first-order chi connectivity index (χ1) is 8.35. The first-order valence-electron chi connectivity index (χ1n) is 6.40. The van der Waals surface area contributed by atoms with E-state index in [9.17, 15) is 0 Å². The zero-order chi connectivity index (χ0) is 12.1. The topological polar surface area (TPSA) is 31.4 Å². The Morgan fingerprint density at radius 1 is 1.29 bits per heavy atom. The normalized spacial score (nSPS) is 17.4. The molecule has 4 nitrogen and oxygen atoms in total. The fourth-order valence-corrected chi connectivity index (χ4v) is 2.36. The molecule has 2 rings (SSSR count). The lowest BCUT2D eigenvalue weighted by Gasteiger charge is -2.36. The van der Waals surface area contributed by atoms with Gasteiger partial charge in [-0.1, -0.05) is 6.92 Å². The lowest BCUT2D eigenvalue weighted by Crippen LogP contribution is -2.46. The quantitative estimate of drug-likeness (QED) is 0.840. The van der Waals surface area contributed by atoms with Crippen LogP contribution in [0.2, 0.25) is 0 Å². The molecular weight excluding hydrogens is 212 g/mol. The molecule has 0 unspecified atom stereocenters. The standard InChI is InChI=1S/C13H22N4/c1-3-16-6-8-17(9-7-16)13-4-5-15-11-12(13)10-14-2/h4-5,11,14H,3,6-10H2,1-2H3. The van der Waals surface area contributed by atoms with Gasteiger partial charge in [0, 0.05) is 56.4 Å². The summed E-state index contributed by atoms with van der Waals surface area (Å²) in [4.78, 5) is 9.18. The summed E-state index contributed by atoms with van der Waals surface area (Å²) in [5.41, 5.74) is 2.63. The van der Waals surface area contributed by atoms with Crippen LogP contribution in [0.25, 0.3) is 0 Å². The van der Waals surface area contributed by atoms with Gasteiger partial charge < -0.3 is 15.1 Å². The van der Waals surface area contributed by atoms with Crippen LogP contribution in [-0.2, 0) is 6.54 Å². The van der Waals surface area contributed by atoms with Crippen molar-refractivity contribution in [3.63, 3.8) is 0 Å². The molecule has 1 aliphatic heterocycles. The highest BCUT2D eigenvalue weighted by molar-refractivity contribution is 5.52. The van der Waals surface area contributed by atoms with Crippen LogP contribution in [0.1, 0.15) is 12.5 Å². The Bertz CT molecular complexity index is 345. The molecule has 0 aromatic carbocycles. The summed E-state index contributed by atoms with van der Waals surface area (Å²) in [5.74, 6) is 0. The number of piperazine rings is 1. The fraction of sp³-hybridized carbons (Fsp3) is 0.615. The molecule has 4 heteroatoms. The molecule has 2 heterocycles. The highest BCUT2D eigenvalue weighted by Gasteiger charge is 2.17. The molecule has 0 spiro atoms. The molecule has 1 saturated heterocycles. The van der Waals surface area contributed by atoms with Crippen molar-refractivity contribution >= 4 is 5.69 Å². The molecule has 17 heavy (non-hydrogen) atoms. The molecule has 1 aliphatic rings. The molecule has 0 saturated carbocycles. The first kappa shape index (κ1) is 12.3. The van der Waals surface area contributed by atoms with Crippen LogP contribution in [-0.4, -0.2) is 49.7 Å². The van der Waals surface area contributed by atoms with E-state index in [2.05, 4.69) is 33.1 Å². The Labute approximate surface area is 104 Å². The summed E-state index contributed by atoms with van der Waals surface area (Å²) in [6.07, 6.45) is 3.86. The third-order valence-corrected chi connectivity index (χ3v) is 3.41. The summed E-state index contributed by atoms with van der Waals surface area (Å²) in [6.45, 7) is 8.85. The molecule has 0 radical (unpaired) electrons. The number of nitrogens with one attached hydrogen (secondary N) is 1. The molecule has 94 valence electrons. The van der Waals surface area contributed by atoms with Crippen molar-refractivity contribution in [1.82, 2.24) is 15.2 Å². The molecule has 0 bridgehead atoms. The molecule has 1 N–H and O–H groups in total. The van der Waals surface area contributed by atoms with Gasteiger partial charge in [0.2, 0.25) is 0 Å². The molecule has 0 amide bonds. The number of hydrogen-bond donors (Lipinski definition) is 1. The van der Waals surface area contributed by atoms with Crippen molar-refractivity contribution in [3.05, 3.63) is 24.0 Å². The third kappa shape index (κ3) is 2.96. The Kier molecular flexibility index (Phi) is 4.34. The van der Waals surface area contributed by atoms with Gasteiger partial charge in [0.25, 0.3) is 0 Å². The van der Waals surface area contributed by atoms with E-state index in [0.29, 0.717) is 0 Å². The van der Waals surface area contributed by atoms with Gasteiger partial charge in [-0.15, -0.1) is 0 Å². The number of anilines is 1. The molecular formula is C13H22N4. The van der Waals surface area contributed by atoms with Gasteiger partial charge in [-0.2, -0.15) is 0 Å². The lowest BCUT2D eigenvalue weighted by molar-refractivity contribution is 0.271. The van der Waals surface area contributed by atoms with Gasteiger partial charge in [0.05, 0.1) is 0 Å². The highest BCUT2D eigenvalue weighted by Crippen LogP contribution is 2.20. The fourth-order valence-electron chi connectivity index (χ4n) is 2.36. The number of rotatable bonds is 4. The van der Waals surface area contributed by atoms with Gasteiger partial charge in [-0.25, -0.2) is 0 Å². The van der Waals surface area contributed by atoms with Crippen LogP contribution >= 0.6 is 0 Å². The van der Waals surface area contributed by atoms with Crippen molar-refractivity contribution in [2.75, 3.05) is 44.7 Å².